The Kier molecular flexibility index (Phi) is 53.5. The molecule has 0 aliphatic heterocycles. The highest BCUT2D eigenvalue weighted by Crippen LogP contribution is 2.38. The van der Waals surface area contributed by atoms with Gasteiger partial charge in [0.25, 0.3) is 7.82 Å². The number of nitrogens with one attached hydrogen (secondary N) is 1. The second kappa shape index (κ2) is 56.0. The van der Waals surface area contributed by atoms with E-state index < -0.39 is 26.6 Å². The maximum Gasteiger partial charge on any atom is 0.306 e. The topological polar surface area (TPSA) is 114 Å². The molecule has 0 saturated heterocycles. The van der Waals surface area contributed by atoms with Crippen molar-refractivity contribution in [2.45, 2.75) is 264 Å². The molecule has 3 atom stereocenters. The number of nitrogens with zero attached hydrogens (tertiary/aromatic N) is 1. The SMILES string of the molecule is CC/C=C\C/C=C\C/C=C\C/C=C\C/C=C\CCCCCCCCCCCC(=O)NC(COP(=O)([O-])OCC[N+](C)(C)C)C(/C=C\CCCCCCCCCCCC)OC(=O)CCCCCC/C=C/C/C=C/C/C=C/CC. The van der Waals surface area contributed by atoms with Gasteiger partial charge in [-0.05, 0) is 109 Å². The van der Waals surface area contributed by atoms with Crippen LogP contribution in [0.3, 0.4) is 0 Å². The molecule has 0 bridgehead atoms. The number of rotatable bonds is 55. The lowest BCUT2D eigenvalue weighted by Crippen LogP contribution is -2.47. The third-order valence-electron chi connectivity index (χ3n) is 13.2. The number of amides is 1. The fourth-order valence-electron chi connectivity index (χ4n) is 8.44. The summed E-state index contributed by atoms with van der Waals surface area (Å²) in [6, 6.07) is -0.907. The molecule has 0 aliphatic carbocycles. The number of esters is 1. The standard InChI is InChI=1S/C67H117N2O7P/c1-7-10-13-16-19-22-25-28-30-31-32-33-34-35-36-37-38-39-40-41-44-47-50-53-56-59-66(70)68-64(63-75-77(72,73)74-62-61-69(4,5)6)65(58-55-52-49-46-43-27-24-21-18-15-12-9-3)76-67(71)60-57-54-51-48-45-42-29-26-23-20-17-14-11-8-2/h10-11,13-14,19-20,22-23,28-30,32-33,35-36,42,55,58,64-65H,7-9,12,15-18,21,24-27,31,34,37-41,43-54,56-57,59-63H2,1-6H3,(H-,68,70,72,73)/b13-10-,14-11+,22-19-,23-20+,30-28-,33-32-,36-35-,42-29+,58-55-. The van der Waals surface area contributed by atoms with Gasteiger partial charge in [-0.1, -0.05) is 240 Å². The summed E-state index contributed by atoms with van der Waals surface area (Å²) in [5.41, 5.74) is 0. The predicted octanol–water partition coefficient (Wildman–Crippen LogP) is 18.7. The molecule has 1 amide bonds. The van der Waals surface area contributed by atoms with Crippen molar-refractivity contribution in [3.8, 4) is 0 Å². The minimum Gasteiger partial charge on any atom is -0.756 e. The van der Waals surface area contributed by atoms with E-state index >= 15 is 0 Å². The van der Waals surface area contributed by atoms with Crippen molar-refractivity contribution in [3.63, 3.8) is 0 Å². The zero-order valence-corrected chi connectivity index (χ0v) is 51.3. The number of ether oxygens (including phenoxy) is 1. The van der Waals surface area contributed by atoms with Crippen LogP contribution in [0.15, 0.2) is 109 Å². The van der Waals surface area contributed by atoms with Gasteiger partial charge < -0.3 is 28.5 Å². The number of phosphoric ester groups is 1. The summed E-state index contributed by atoms with van der Waals surface area (Å²) in [7, 11) is 1.15. The third kappa shape index (κ3) is 57.2. The first-order chi connectivity index (χ1) is 37.4. The second-order valence-electron chi connectivity index (χ2n) is 21.8. The number of quaternary nitrogens is 1. The van der Waals surface area contributed by atoms with Crippen LogP contribution in [0.1, 0.15) is 252 Å². The number of likely N-dealkylation sites (N-methyl/N-ethyl adjacent to an activating group) is 1. The Morgan fingerprint density at radius 3 is 1.25 bits per heavy atom. The molecule has 0 radical (unpaired) electrons. The van der Waals surface area contributed by atoms with Crippen LogP contribution in [0.5, 0.6) is 0 Å². The molecule has 10 heteroatoms. The van der Waals surface area contributed by atoms with Crippen LogP contribution in [0, 0.1) is 0 Å². The van der Waals surface area contributed by atoms with Crippen molar-refractivity contribution < 1.29 is 37.3 Å². The normalized spacial score (nSPS) is 14.4. The Bertz CT molecular complexity index is 1690. The lowest BCUT2D eigenvalue weighted by atomic mass is 10.0. The Morgan fingerprint density at radius 2 is 0.831 bits per heavy atom. The van der Waals surface area contributed by atoms with Crippen molar-refractivity contribution in [1.29, 1.82) is 0 Å². The van der Waals surface area contributed by atoms with Crippen LogP contribution < -0.4 is 10.2 Å². The smallest absolute Gasteiger partial charge is 0.306 e. The van der Waals surface area contributed by atoms with Crippen LogP contribution in [0.2, 0.25) is 0 Å². The highest BCUT2D eigenvalue weighted by atomic mass is 31.2. The Balaban J connectivity index is 5.19. The molecular formula is C67H117N2O7P. The van der Waals surface area contributed by atoms with Crippen molar-refractivity contribution in [2.24, 2.45) is 0 Å². The monoisotopic (exact) mass is 1090 g/mol. The highest BCUT2D eigenvalue weighted by molar-refractivity contribution is 7.45. The van der Waals surface area contributed by atoms with Gasteiger partial charge in [0.2, 0.25) is 5.91 Å². The molecule has 3 unspecified atom stereocenters. The molecule has 9 nitrogen and oxygen atoms in total. The van der Waals surface area contributed by atoms with E-state index in [2.05, 4.69) is 123 Å². The highest BCUT2D eigenvalue weighted by Gasteiger charge is 2.27. The first-order valence-electron chi connectivity index (χ1n) is 31.2. The summed E-state index contributed by atoms with van der Waals surface area (Å²) in [6.45, 7) is 6.58. The van der Waals surface area contributed by atoms with Gasteiger partial charge in [0.05, 0.1) is 33.8 Å². The Hall–Kier alpha value is -3.33. The molecule has 442 valence electrons. The molecule has 0 spiro atoms. The van der Waals surface area contributed by atoms with E-state index in [0.717, 1.165) is 128 Å². The average Bonchev–Trinajstić information content (AvgIpc) is 3.39. The number of carbonyl (C=O) groups excluding carboxylic acids is 2. The first-order valence-corrected chi connectivity index (χ1v) is 32.7. The molecular weight excluding hydrogens is 976 g/mol. The van der Waals surface area contributed by atoms with Crippen molar-refractivity contribution in [1.82, 2.24) is 5.32 Å². The van der Waals surface area contributed by atoms with Gasteiger partial charge in [0.15, 0.2) is 0 Å². The Morgan fingerprint density at radius 1 is 0.468 bits per heavy atom. The maximum atomic E-state index is 13.5. The fraction of sp³-hybridized carbons (Fsp3) is 0.701. The summed E-state index contributed by atoms with van der Waals surface area (Å²) in [4.78, 5) is 40.0. The van der Waals surface area contributed by atoms with Crippen LogP contribution in [-0.2, 0) is 27.9 Å². The van der Waals surface area contributed by atoms with E-state index in [-0.39, 0.29) is 24.9 Å². The number of hydrogen-bond acceptors (Lipinski definition) is 7. The van der Waals surface area contributed by atoms with E-state index in [4.69, 9.17) is 13.8 Å². The predicted molar refractivity (Wildman–Crippen MR) is 330 cm³/mol. The molecule has 77 heavy (non-hydrogen) atoms. The van der Waals surface area contributed by atoms with E-state index in [1.165, 1.54) is 83.5 Å². The van der Waals surface area contributed by atoms with E-state index in [1.807, 2.05) is 33.3 Å². The average molecular weight is 1090 g/mol. The van der Waals surface area contributed by atoms with Gasteiger partial charge in [0, 0.05) is 12.8 Å². The van der Waals surface area contributed by atoms with Crippen molar-refractivity contribution in [3.05, 3.63) is 109 Å². The summed E-state index contributed by atoms with van der Waals surface area (Å²) in [5, 5.41) is 3.02. The van der Waals surface area contributed by atoms with Crippen LogP contribution in [0.4, 0.5) is 0 Å². The summed E-state index contributed by atoms with van der Waals surface area (Å²) >= 11 is 0. The van der Waals surface area contributed by atoms with Crippen LogP contribution in [0.25, 0.3) is 0 Å². The molecule has 0 saturated carbocycles. The molecule has 0 fully saturated rings. The molecule has 0 heterocycles. The van der Waals surface area contributed by atoms with Gasteiger partial charge in [-0.2, -0.15) is 0 Å². The summed E-state index contributed by atoms with van der Waals surface area (Å²) < 4.78 is 30.3. The number of unbranched alkanes of at least 4 members (excludes halogenated alkanes) is 23. The quantitative estimate of drug-likeness (QED) is 0.0212. The lowest BCUT2D eigenvalue weighted by molar-refractivity contribution is -0.870. The minimum absolute atomic E-state index is 0.0326. The van der Waals surface area contributed by atoms with E-state index in [1.54, 1.807) is 0 Å². The number of carbonyl (C=O) groups is 2. The zero-order valence-electron chi connectivity index (χ0n) is 50.4. The molecule has 0 aliphatic rings. The molecule has 0 aromatic carbocycles. The fourth-order valence-corrected chi connectivity index (χ4v) is 9.17. The maximum absolute atomic E-state index is 13.5. The molecule has 0 rings (SSSR count). The summed E-state index contributed by atoms with van der Waals surface area (Å²) in [5.74, 6) is -0.579. The van der Waals surface area contributed by atoms with Gasteiger partial charge >= 0.3 is 5.97 Å². The van der Waals surface area contributed by atoms with Gasteiger partial charge in [-0.15, -0.1) is 0 Å². The van der Waals surface area contributed by atoms with Crippen molar-refractivity contribution in [2.75, 3.05) is 40.9 Å². The van der Waals surface area contributed by atoms with E-state index in [0.29, 0.717) is 23.9 Å². The van der Waals surface area contributed by atoms with Crippen molar-refractivity contribution >= 4 is 19.7 Å². The van der Waals surface area contributed by atoms with Gasteiger partial charge in [-0.3, -0.25) is 14.2 Å². The number of hydrogen-bond donors (Lipinski definition) is 1. The largest absolute Gasteiger partial charge is 0.756 e. The van der Waals surface area contributed by atoms with Gasteiger partial charge in [-0.25, -0.2) is 0 Å². The van der Waals surface area contributed by atoms with Crippen LogP contribution in [-0.4, -0.2) is 69.4 Å². The molecule has 0 aromatic rings. The van der Waals surface area contributed by atoms with Crippen LogP contribution >= 0.6 is 7.82 Å². The second-order valence-corrected chi connectivity index (χ2v) is 23.2. The number of phosphoric acid groups is 1. The Labute approximate surface area is 474 Å². The summed E-state index contributed by atoms with van der Waals surface area (Å²) in [6.07, 6.45) is 76.3. The number of allylic oxidation sites excluding steroid dienone is 17. The molecule has 0 aromatic heterocycles. The third-order valence-corrected chi connectivity index (χ3v) is 14.2. The first kappa shape index (κ1) is 73.7. The zero-order chi connectivity index (χ0) is 56.4. The van der Waals surface area contributed by atoms with Gasteiger partial charge in [0.1, 0.15) is 19.3 Å². The lowest BCUT2D eigenvalue weighted by Gasteiger charge is -2.30. The van der Waals surface area contributed by atoms with E-state index in [9.17, 15) is 19.0 Å². The molecule has 1 N–H and O–H groups in total. The minimum atomic E-state index is -4.71.